The Morgan fingerprint density at radius 1 is 0.842 bits per heavy atom. The molecule has 1 aliphatic heterocycles. The second-order valence-electron chi connectivity index (χ2n) is 10.0. The van der Waals surface area contributed by atoms with E-state index in [0.717, 1.165) is 25.3 Å². The minimum absolute atomic E-state index is 0.0841. The molecule has 1 fully saturated rings. The summed E-state index contributed by atoms with van der Waals surface area (Å²) in [6.45, 7) is 1.76. The molecule has 6 N–H and O–H groups in total. The molecule has 0 radical (unpaired) electrons. The minimum atomic E-state index is -1.01. The Kier molecular flexibility index (Phi) is 5.78. The van der Waals surface area contributed by atoms with Gasteiger partial charge in [-0.2, -0.15) is 0 Å². The summed E-state index contributed by atoms with van der Waals surface area (Å²) < 4.78 is 11.1. The van der Waals surface area contributed by atoms with Crippen molar-refractivity contribution >= 4 is 11.8 Å². The summed E-state index contributed by atoms with van der Waals surface area (Å²) >= 11 is 0. The van der Waals surface area contributed by atoms with Crippen LogP contribution in [0.25, 0.3) is 0 Å². The lowest BCUT2D eigenvalue weighted by atomic mass is 9.58. The van der Waals surface area contributed by atoms with Crippen LogP contribution in [-0.2, 0) is 4.74 Å². The Labute approximate surface area is 216 Å². The number of benzene rings is 3. The van der Waals surface area contributed by atoms with Crippen LogP contribution in [0.1, 0.15) is 63.4 Å². The lowest BCUT2D eigenvalue weighted by Crippen LogP contribution is -2.49. The molecule has 3 aromatic carbocycles. The molecule has 10 nitrogen and oxygen atoms in total. The van der Waals surface area contributed by atoms with E-state index in [1.54, 1.807) is 6.92 Å². The van der Waals surface area contributed by atoms with Gasteiger partial charge in [-0.05, 0) is 43.5 Å². The third-order valence-corrected chi connectivity index (χ3v) is 7.52. The highest BCUT2D eigenvalue weighted by molar-refractivity contribution is 6.02. The van der Waals surface area contributed by atoms with Gasteiger partial charge >= 0.3 is 5.97 Å². The van der Waals surface area contributed by atoms with Crippen molar-refractivity contribution in [1.29, 1.82) is 0 Å². The molecule has 10 heteroatoms. The van der Waals surface area contributed by atoms with E-state index in [9.17, 15) is 40.2 Å². The average molecular weight is 523 g/mol. The van der Waals surface area contributed by atoms with Gasteiger partial charge in [0.25, 0.3) is 0 Å². The number of carbonyl (C=O) groups is 2. The van der Waals surface area contributed by atoms with Crippen molar-refractivity contribution < 1.29 is 49.7 Å². The summed E-state index contributed by atoms with van der Waals surface area (Å²) in [5.41, 5.74) is -0.933. The lowest BCUT2D eigenvalue weighted by Gasteiger charge is -2.51. The smallest absolute Gasteiger partial charge is 0.345 e. The number of phenols is 6. The summed E-state index contributed by atoms with van der Waals surface area (Å²) in [5, 5.41) is 62.3. The van der Waals surface area contributed by atoms with Crippen molar-refractivity contribution in [1.82, 2.24) is 0 Å². The monoisotopic (exact) mass is 522 g/mol. The average Bonchev–Trinajstić information content (AvgIpc) is 2.82. The number of hydrogen-bond acceptors (Lipinski definition) is 10. The van der Waals surface area contributed by atoms with Crippen LogP contribution in [0.2, 0.25) is 0 Å². The number of Topliss-reactive ketones (excluding diaryl/α,β-unsaturated/α-hetero) is 1. The van der Waals surface area contributed by atoms with Crippen LogP contribution < -0.4 is 4.74 Å². The van der Waals surface area contributed by atoms with Crippen molar-refractivity contribution in [3.8, 4) is 40.2 Å². The zero-order valence-electron chi connectivity index (χ0n) is 20.5. The number of hydrogen-bond donors (Lipinski definition) is 6. The highest BCUT2D eigenvalue weighted by atomic mass is 16.5. The van der Waals surface area contributed by atoms with E-state index in [-0.39, 0.29) is 52.5 Å². The van der Waals surface area contributed by atoms with E-state index in [1.165, 1.54) is 24.3 Å². The first-order valence-electron chi connectivity index (χ1n) is 11.9. The van der Waals surface area contributed by atoms with Gasteiger partial charge in [0.15, 0.2) is 5.78 Å². The van der Waals surface area contributed by atoms with Crippen molar-refractivity contribution in [2.75, 3.05) is 7.11 Å². The second-order valence-corrected chi connectivity index (χ2v) is 10.0. The zero-order valence-corrected chi connectivity index (χ0v) is 20.5. The highest BCUT2D eigenvalue weighted by Crippen LogP contribution is 2.61. The molecule has 1 aliphatic carbocycles. The summed E-state index contributed by atoms with van der Waals surface area (Å²) in [7, 11) is 1.13. The van der Waals surface area contributed by atoms with Gasteiger partial charge in [0.05, 0.1) is 12.7 Å². The maximum Gasteiger partial charge on any atom is 0.345 e. The number of esters is 1. The fourth-order valence-electron chi connectivity index (χ4n) is 5.99. The number of fused-ring (bicyclic) bond motifs is 4. The first-order chi connectivity index (χ1) is 17.9. The van der Waals surface area contributed by atoms with Crippen molar-refractivity contribution in [2.45, 2.75) is 37.2 Å². The normalized spacial score (nSPS) is 23.7. The number of ketones is 1. The molecule has 0 amide bonds. The standard InChI is InChI=1S/C28H26O10/c1-28-10-16(14-5-3-12(29)7-18(14)31)22(25(35)15-6-4-13(30)8-19(15)32)17(11-28)23-20(33)9-21(34)24(26(23)38-28)27(36)37-2/h3-9,16-17,22,29-34H,10-11H2,1-2H3. The van der Waals surface area contributed by atoms with Crippen LogP contribution in [0.5, 0.6) is 40.2 Å². The molecule has 0 saturated heterocycles. The predicted octanol–water partition coefficient (Wildman–Crippen LogP) is 4.02. The van der Waals surface area contributed by atoms with Crippen LogP contribution >= 0.6 is 0 Å². The fraction of sp³-hybridized carbons (Fsp3) is 0.286. The molecule has 1 heterocycles. The number of phenolic OH excluding ortho intramolecular Hbond substituents is 6. The third-order valence-electron chi connectivity index (χ3n) is 7.52. The number of ether oxygens (including phenoxy) is 2. The van der Waals surface area contributed by atoms with Crippen molar-refractivity contribution in [3.05, 3.63) is 64.7 Å². The summed E-state index contributed by atoms with van der Waals surface area (Å²) in [4.78, 5) is 26.7. The van der Waals surface area contributed by atoms with E-state index in [4.69, 9.17) is 9.47 Å². The molecular weight excluding hydrogens is 496 g/mol. The van der Waals surface area contributed by atoms with Crippen LogP contribution in [0.4, 0.5) is 0 Å². The van der Waals surface area contributed by atoms with Gasteiger partial charge in [0.2, 0.25) is 0 Å². The molecule has 38 heavy (non-hydrogen) atoms. The molecule has 5 rings (SSSR count). The van der Waals surface area contributed by atoms with Gasteiger partial charge < -0.3 is 40.1 Å². The Bertz CT molecular complexity index is 1480. The largest absolute Gasteiger partial charge is 0.508 e. The van der Waals surface area contributed by atoms with Crippen LogP contribution in [0.3, 0.4) is 0 Å². The number of rotatable bonds is 4. The Balaban J connectivity index is 1.77. The number of carbonyl (C=O) groups excluding carboxylic acids is 2. The SMILES string of the molecule is COC(=O)c1c(O)cc(O)c2c1OC1(C)CC(c3ccc(O)cc3O)C(C(=O)c3ccc(O)cc3O)C2C1. The van der Waals surface area contributed by atoms with Gasteiger partial charge in [-0.15, -0.1) is 0 Å². The van der Waals surface area contributed by atoms with E-state index < -0.39 is 52.4 Å². The van der Waals surface area contributed by atoms with Crippen LogP contribution in [0.15, 0.2) is 42.5 Å². The summed E-state index contributed by atoms with van der Waals surface area (Å²) in [6, 6.07) is 8.59. The highest BCUT2D eigenvalue weighted by Gasteiger charge is 2.55. The molecule has 3 aromatic rings. The molecule has 0 aromatic heterocycles. The van der Waals surface area contributed by atoms with E-state index in [0.29, 0.717) is 5.56 Å². The van der Waals surface area contributed by atoms with Crippen molar-refractivity contribution in [3.63, 3.8) is 0 Å². The maximum atomic E-state index is 14.1. The Morgan fingerprint density at radius 3 is 2.11 bits per heavy atom. The topological polar surface area (TPSA) is 174 Å². The zero-order chi connectivity index (χ0) is 27.5. The van der Waals surface area contributed by atoms with Crippen LogP contribution in [0, 0.1) is 5.92 Å². The summed E-state index contributed by atoms with van der Waals surface area (Å²) in [6.07, 6.45) is 0.386. The van der Waals surface area contributed by atoms with E-state index in [1.807, 2.05) is 0 Å². The van der Waals surface area contributed by atoms with Crippen molar-refractivity contribution in [2.24, 2.45) is 5.92 Å². The summed E-state index contributed by atoms with van der Waals surface area (Å²) in [5.74, 6) is -6.12. The first-order valence-corrected chi connectivity index (χ1v) is 11.9. The van der Waals surface area contributed by atoms with Gasteiger partial charge in [-0.25, -0.2) is 4.79 Å². The van der Waals surface area contributed by atoms with Crippen LogP contribution in [-0.4, -0.2) is 55.1 Å². The van der Waals surface area contributed by atoms with Gasteiger partial charge in [0.1, 0.15) is 51.4 Å². The first kappa shape index (κ1) is 25.1. The second kappa shape index (κ2) is 8.76. The van der Waals surface area contributed by atoms with Gasteiger partial charge in [-0.1, -0.05) is 6.07 Å². The van der Waals surface area contributed by atoms with E-state index in [2.05, 4.69) is 0 Å². The molecule has 4 unspecified atom stereocenters. The van der Waals surface area contributed by atoms with Gasteiger partial charge in [-0.3, -0.25) is 4.79 Å². The predicted molar refractivity (Wildman–Crippen MR) is 132 cm³/mol. The fourth-order valence-corrected chi connectivity index (χ4v) is 5.99. The Hall–Kier alpha value is -4.60. The Morgan fingerprint density at radius 2 is 1.47 bits per heavy atom. The molecular formula is C28H26O10. The molecule has 0 spiro atoms. The maximum absolute atomic E-state index is 14.1. The van der Waals surface area contributed by atoms with Gasteiger partial charge in [0, 0.05) is 41.5 Å². The third kappa shape index (κ3) is 3.89. The number of aromatic hydroxyl groups is 6. The molecule has 1 saturated carbocycles. The number of methoxy groups -OCH3 is 1. The molecule has 2 bridgehead atoms. The molecule has 198 valence electrons. The molecule has 4 atom stereocenters. The quantitative estimate of drug-likeness (QED) is 0.217. The minimum Gasteiger partial charge on any atom is -0.508 e. The van der Waals surface area contributed by atoms with E-state index >= 15 is 0 Å². The lowest BCUT2D eigenvalue weighted by molar-refractivity contribution is -0.00905. The molecule has 2 aliphatic rings.